The monoisotopic (exact) mass is 519 g/mol. The summed E-state index contributed by atoms with van der Waals surface area (Å²) >= 11 is 0. The summed E-state index contributed by atoms with van der Waals surface area (Å²) < 4.78 is 11.6. The average molecular weight is 520 g/mol. The minimum atomic E-state index is -0.172. The van der Waals surface area contributed by atoms with E-state index in [0.717, 1.165) is 35.6 Å². The minimum Gasteiger partial charge on any atom is -0.490 e. The van der Waals surface area contributed by atoms with E-state index in [-0.39, 0.29) is 5.91 Å². The SMILES string of the molecule is CCOc1cc2c(cc1OCC)/C(=C(/Nc1ccc(CNCc3ccccc3)cc1)c1ccccc1)C(=O)N2. The number of amides is 1. The number of hydrogen-bond donors (Lipinski definition) is 3. The van der Waals surface area contributed by atoms with Crippen molar-refractivity contribution in [2.75, 3.05) is 23.8 Å². The zero-order valence-electron chi connectivity index (χ0n) is 22.3. The van der Waals surface area contributed by atoms with Crippen molar-refractivity contribution in [3.8, 4) is 11.5 Å². The lowest BCUT2D eigenvalue weighted by Gasteiger charge is -2.16. The van der Waals surface area contributed by atoms with Crippen molar-refractivity contribution < 1.29 is 14.3 Å². The standard InChI is InChI=1S/C33H33N3O3/c1-3-38-29-19-27-28(20-30(29)39-4-2)36-33(37)31(27)32(25-13-9-6-10-14-25)35-26-17-15-24(16-18-26)22-34-21-23-11-7-5-8-12-23/h5-20,34-35H,3-4,21-22H2,1-2H3,(H,36,37)/b32-31-. The summed E-state index contributed by atoms with van der Waals surface area (Å²) in [4.78, 5) is 13.4. The Kier molecular flexibility index (Phi) is 8.24. The topological polar surface area (TPSA) is 71.6 Å². The summed E-state index contributed by atoms with van der Waals surface area (Å²) in [5.74, 6) is 1.06. The van der Waals surface area contributed by atoms with Crippen molar-refractivity contribution in [1.82, 2.24) is 5.32 Å². The van der Waals surface area contributed by atoms with E-state index in [1.165, 1.54) is 11.1 Å². The molecule has 0 atom stereocenters. The largest absolute Gasteiger partial charge is 0.490 e. The zero-order valence-corrected chi connectivity index (χ0v) is 22.3. The van der Waals surface area contributed by atoms with Crippen LogP contribution < -0.4 is 25.4 Å². The average Bonchev–Trinajstić information content (AvgIpc) is 3.28. The molecule has 39 heavy (non-hydrogen) atoms. The molecule has 1 aliphatic rings. The van der Waals surface area contributed by atoms with Gasteiger partial charge in [0.2, 0.25) is 0 Å². The third-order valence-electron chi connectivity index (χ3n) is 6.46. The van der Waals surface area contributed by atoms with Gasteiger partial charge in [0.25, 0.3) is 5.91 Å². The summed E-state index contributed by atoms with van der Waals surface area (Å²) in [5.41, 5.74) is 7.02. The molecule has 5 rings (SSSR count). The summed E-state index contributed by atoms with van der Waals surface area (Å²) in [7, 11) is 0. The number of anilines is 2. The number of benzene rings is 4. The maximum atomic E-state index is 13.4. The van der Waals surface area contributed by atoms with Gasteiger partial charge < -0.3 is 25.4 Å². The Morgan fingerprint density at radius 1 is 0.744 bits per heavy atom. The van der Waals surface area contributed by atoms with Gasteiger partial charge in [-0.05, 0) is 48.7 Å². The van der Waals surface area contributed by atoms with Gasteiger partial charge in [-0.15, -0.1) is 0 Å². The van der Waals surface area contributed by atoms with E-state index in [1.54, 1.807) is 0 Å². The molecule has 4 aromatic rings. The number of fused-ring (bicyclic) bond motifs is 1. The molecule has 6 heteroatoms. The maximum absolute atomic E-state index is 13.4. The molecule has 4 aromatic carbocycles. The lowest BCUT2D eigenvalue weighted by molar-refractivity contribution is -0.110. The third kappa shape index (κ3) is 6.13. The van der Waals surface area contributed by atoms with Crippen LogP contribution in [0.15, 0.2) is 97.1 Å². The highest BCUT2D eigenvalue weighted by molar-refractivity contribution is 6.37. The second kappa shape index (κ2) is 12.3. The number of ether oxygens (including phenoxy) is 2. The molecule has 198 valence electrons. The lowest BCUT2D eigenvalue weighted by atomic mass is 9.99. The van der Waals surface area contributed by atoms with E-state index < -0.39 is 0 Å². The van der Waals surface area contributed by atoms with Gasteiger partial charge >= 0.3 is 0 Å². The fourth-order valence-corrected chi connectivity index (χ4v) is 4.64. The molecule has 0 radical (unpaired) electrons. The second-order valence-electron chi connectivity index (χ2n) is 9.19. The first-order valence-corrected chi connectivity index (χ1v) is 13.3. The van der Waals surface area contributed by atoms with Gasteiger partial charge in [0.05, 0.1) is 30.2 Å². The first-order valence-electron chi connectivity index (χ1n) is 13.3. The molecule has 6 nitrogen and oxygen atoms in total. The minimum absolute atomic E-state index is 0.172. The van der Waals surface area contributed by atoms with Crippen LogP contribution in [0, 0.1) is 0 Å². The molecular formula is C33H33N3O3. The number of carbonyl (C=O) groups is 1. The number of carbonyl (C=O) groups excluding carboxylic acids is 1. The van der Waals surface area contributed by atoms with E-state index in [2.05, 4.69) is 52.3 Å². The molecule has 0 saturated carbocycles. The van der Waals surface area contributed by atoms with Crippen LogP contribution in [0.2, 0.25) is 0 Å². The van der Waals surface area contributed by atoms with Crippen molar-refractivity contribution in [3.63, 3.8) is 0 Å². The molecule has 0 spiro atoms. The van der Waals surface area contributed by atoms with Gasteiger partial charge in [0.15, 0.2) is 11.5 Å². The summed E-state index contributed by atoms with van der Waals surface area (Å²) in [6.45, 7) is 6.43. The summed E-state index contributed by atoms with van der Waals surface area (Å²) in [6.07, 6.45) is 0. The summed E-state index contributed by atoms with van der Waals surface area (Å²) in [5, 5.41) is 10.0. The van der Waals surface area contributed by atoms with Crippen molar-refractivity contribution in [2.24, 2.45) is 0 Å². The zero-order chi connectivity index (χ0) is 27.0. The summed E-state index contributed by atoms with van der Waals surface area (Å²) in [6, 6.07) is 32.3. The van der Waals surface area contributed by atoms with Crippen LogP contribution in [0.1, 0.15) is 36.1 Å². The first kappa shape index (κ1) is 26.1. The van der Waals surface area contributed by atoms with Crippen LogP contribution >= 0.6 is 0 Å². The molecule has 3 N–H and O–H groups in total. The normalized spacial score (nSPS) is 13.4. The molecule has 1 heterocycles. The van der Waals surface area contributed by atoms with Gasteiger partial charge in [0, 0.05) is 30.4 Å². The van der Waals surface area contributed by atoms with Crippen molar-refractivity contribution in [1.29, 1.82) is 0 Å². The number of nitrogens with one attached hydrogen (secondary N) is 3. The van der Waals surface area contributed by atoms with Crippen LogP contribution in [0.4, 0.5) is 11.4 Å². The van der Waals surface area contributed by atoms with Gasteiger partial charge in [0.1, 0.15) is 0 Å². The quantitative estimate of drug-likeness (QED) is 0.192. The van der Waals surface area contributed by atoms with E-state index >= 15 is 0 Å². The third-order valence-corrected chi connectivity index (χ3v) is 6.46. The van der Waals surface area contributed by atoms with Gasteiger partial charge in [-0.2, -0.15) is 0 Å². The molecule has 0 fully saturated rings. The van der Waals surface area contributed by atoms with E-state index in [1.807, 2.05) is 74.5 Å². The van der Waals surface area contributed by atoms with E-state index in [4.69, 9.17) is 9.47 Å². The van der Waals surface area contributed by atoms with Gasteiger partial charge in [-0.1, -0.05) is 72.8 Å². The maximum Gasteiger partial charge on any atom is 0.258 e. The molecular weight excluding hydrogens is 486 g/mol. The van der Waals surface area contributed by atoms with Gasteiger partial charge in [-0.25, -0.2) is 0 Å². The van der Waals surface area contributed by atoms with Crippen LogP contribution in [-0.4, -0.2) is 19.1 Å². The molecule has 1 amide bonds. The Hall–Kier alpha value is -4.55. The highest BCUT2D eigenvalue weighted by Crippen LogP contribution is 2.43. The molecule has 0 saturated heterocycles. The van der Waals surface area contributed by atoms with Crippen molar-refractivity contribution in [2.45, 2.75) is 26.9 Å². The van der Waals surface area contributed by atoms with Crippen molar-refractivity contribution in [3.05, 3.63) is 119 Å². The fraction of sp³-hybridized carbons (Fsp3) is 0.182. The Morgan fingerprint density at radius 3 is 1.97 bits per heavy atom. The highest BCUT2D eigenvalue weighted by Gasteiger charge is 2.30. The van der Waals surface area contributed by atoms with Crippen LogP contribution in [0.25, 0.3) is 11.3 Å². The van der Waals surface area contributed by atoms with E-state index in [0.29, 0.717) is 36.0 Å². The predicted molar refractivity (Wildman–Crippen MR) is 158 cm³/mol. The molecule has 0 aromatic heterocycles. The van der Waals surface area contributed by atoms with Crippen LogP contribution in [0.5, 0.6) is 11.5 Å². The second-order valence-corrected chi connectivity index (χ2v) is 9.19. The lowest BCUT2D eigenvalue weighted by Crippen LogP contribution is -2.12. The van der Waals surface area contributed by atoms with Crippen LogP contribution in [0.3, 0.4) is 0 Å². The Labute approximate surface area is 229 Å². The van der Waals surface area contributed by atoms with E-state index in [9.17, 15) is 4.79 Å². The smallest absolute Gasteiger partial charge is 0.258 e. The first-order chi connectivity index (χ1) is 19.2. The Balaban J connectivity index is 1.44. The van der Waals surface area contributed by atoms with Crippen LogP contribution in [-0.2, 0) is 17.9 Å². The number of rotatable bonds is 11. The number of hydrogen-bond acceptors (Lipinski definition) is 5. The predicted octanol–water partition coefficient (Wildman–Crippen LogP) is 6.71. The Morgan fingerprint density at radius 2 is 1.33 bits per heavy atom. The van der Waals surface area contributed by atoms with Gasteiger partial charge in [-0.3, -0.25) is 4.79 Å². The highest BCUT2D eigenvalue weighted by atomic mass is 16.5. The fourth-order valence-electron chi connectivity index (χ4n) is 4.64. The molecule has 1 aliphatic heterocycles. The van der Waals surface area contributed by atoms with Crippen molar-refractivity contribution >= 4 is 28.6 Å². The molecule has 0 aliphatic carbocycles. The Bertz CT molecular complexity index is 1450. The molecule has 0 unspecified atom stereocenters. The molecule has 0 bridgehead atoms.